The van der Waals surface area contributed by atoms with E-state index in [-0.39, 0.29) is 5.91 Å². The number of pyridine rings is 1. The van der Waals surface area contributed by atoms with Gasteiger partial charge in [0.1, 0.15) is 11.4 Å². The molecule has 0 bridgehead atoms. The molecule has 1 aliphatic rings. The highest BCUT2D eigenvalue weighted by atomic mass is 16.5. The molecule has 1 aromatic heterocycles. The number of ether oxygens (including phenoxy) is 1. The highest BCUT2D eigenvalue weighted by molar-refractivity contribution is 5.92. The van der Waals surface area contributed by atoms with Crippen LogP contribution in [0.2, 0.25) is 0 Å². The number of rotatable bonds is 6. The van der Waals surface area contributed by atoms with E-state index in [4.69, 9.17) is 4.74 Å². The maximum atomic E-state index is 12.5. The summed E-state index contributed by atoms with van der Waals surface area (Å²) in [7, 11) is 1.68. The van der Waals surface area contributed by atoms with Gasteiger partial charge in [-0.15, -0.1) is 0 Å². The standard InChI is InChI=1S/C21H27N3O2/c1-16-9-12-24(13-10-16)21(25)20-7-6-18(15-23-20)22-11-8-17-4-3-5-19(14-17)26-2/h3-7,14-16,22H,8-13H2,1-2H3. The van der Waals surface area contributed by atoms with Crippen molar-refractivity contribution < 1.29 is 9.53 Å². The first kappa shape index (κ1) is 18.2. The van der Waals surface area contributed by atoms with Crippen LogP contribution in [-0.4, -0.2) is 42.5 Å². The fraction of sp³-hybridized carbons (Fsp3) is 0.429. The van der Waals surface area contributed by atoms with Gasteiger partial charge in [0, 0.05) is 19.6 Å². The first-order valence-corrected chi connectivity index (χ1v) is 9.28. The summed E-state index contributed by atoms with van der Waals surface area (Å²) in [5, 5.41) is 3.35. The molecule has 138 valence electrons. The Balaban J connectivity index is 1.50. The molecule has 0 unspecified atom stereocenters. The summed E-state index contributed by atoms with van der Waals surface area (Å²) in [6.07, 6.45) is 4.79. The van der Waals surface area contributed by atoms with E-state index in [1.165, 1.54) is 5.56 Å². The normalized spacial score (nSPS) is 14.9. The Bertz CT molecular complexity index is 722. The second-order valence-electron chi connectivity index (χ2n) is 6.94. The summed E-state index contributed by atoms with van der Waals surface area (Å²) in [5.74, 6) is 1.63. The Hall–Kier alpha value is -2.56. The summed E-state index contributed by atoms with van der Waals surface area (Å²) in [6.45, 7) is 4.71. The molecule has 1 aromatic carbocycles. The topological polar surface area (TPSA) is 54.5 Å². The van der Waals surface area contributed by atoms with Crippen molar-refractivity contribution in [1.29, 1.82) is 0 Å². The molecule has 5 heteroatoms. The monoisotopic (exact) mass is 353 g/mol. The number of nitrogens with zero attached hydrogens (tertiary/aromatic N) is 2. The van der Waals surface area contributed by atoms with Crippen molar-refractivity contribution in [3.8, 4) is 5.75 Å². The van der Waals surface area contributed by atoms with Crippen LogP contribution in [0.3, 0.4) is 0 Å². The summed E-state index contributed by atoms with van der Waals surface area (Å²) in [5.41, 5.74) is 2.67. The van der Waals surface area contributed by atoms with E-state index >= 15 is 0 Å². The molecule has 1 amide bonds. The quantitative estimate of drug-likeness (QED) is 0.862. The summed E-state index contributed by atoms with van der Waals surface area (Å²) < 4.78 is 5.24. The van der Waals surface area contributed by atoms with Gasteiger partial charge in [-0.05, 0) is 55.0 Å². The maximum Gasteiger partial charge on any atom is 0.272 e. The fourth-order valence-electron chi connectivity index (χ4n) is 3.18. The number of hydrogen-bond acceptors (Lipinski definition) is 4. The van der Waals surface area contributed by atoms with Crippen LogP contribution >= 0.6 is 0 Å². The molecule has 2 aromatic rings. The van der Waals surface area contributed by atoms with Crippen molar-refractivity contribution in [3.63, 3.8) is 0 Å². The molecular formula is C21H27N3O2. The zero-order valence-corrected chi connectivity index (χ0v) is 15.6. The number of methoxy groups -OCH3 is 1. The third-order valence-corrected chi connectivity index (χ3v) is 4.93. The van der Waals surface area contributed by atoms with E-state index < -0.39 is 0 Å². The number of amides is 1. The average molecular weight is 353 g/mol. The van der Waals surface area contributed by atoms with E-state index in [1.807, 2.05) is 35.2 Å². The highest BCUT2D eigenvalue weighted by Crippen LogP contribution is 2.18. The third kappa shape index (κ3) is 4.75. The van der Waals surface area contributed by atoms with Gasteiger partial charge in [-0.2, -0.15) is 0 Å². The van der Waals surface area contributed by atoms with Crippen LogP contribution in [0.1, 0.15) is 35.8 Å². The molecule has 5 nitrogen and oxygen atoms in total. The number of benzene rings is 1. The number of hydrogen-bond donors (Lipinski definition) is 1. The third-order valence-electron chi connectivity index (χ3n) is 4.93. The smallest absolute Gasteiger partial charge is 0.272 e. The van der Waals surface area contributed by atoms with Gasteiger partial charge in [0.2, 0.25) is 0 Å². The van der Waals surface area contributed by atoms with Crippen molar-refractivity contribution in [2.75, 3.05) is 32.1 Å². The van der Waals surface area contributed by atoms with E-state index in [1.54, 1.807) is 13.3 Å². The number of carbonyl (C=O) groups excluding carboxylic acids is 1. The number of piperidine rings is 1. The molecule has 1 N–H and O–H groups in total. The number of anilines is 1. The molecule has 0 aliphatic carbocycles. The lowest BCUT2D eigenvalue weighted by Gasteiger charge is -2.30. The lowest BCUT2D eigenvalue weighted by atomic mass is 9.99. The van der Waals surface area contributed by atoms with Crippen LogP contribution < -0.4 is 10.1 Å². The van der Waals surface area contributed by atoms with Crippen molar-refractivity contribution in [2.45, 2.75) is 26.2 Å². The summed E-state index contributed by atoms with van der Waals surface area (Å²) >= 11 is 0. The Labute approximate surface area is 155 Å². The van der Waals surface area contributed by atoms with E-state index in [9.17, 15) is 4.79 Å². The van der Waals surface area contributed by atoms with Gasteiger partial charge < -0.3 is 15.0 Å². The largest absolute Gasteiger partial charge is 0.497 e. The van der Waals surface area contributed by atoms with Gasteiger partial charge in [0.05, 0.1) is 19.0 Å². The van der Waals surface area contributed by atoms with Crippen molar-refractivity contribution >= 4 is 11.6 Å². The minimum Gasteiger partial charge on any atom is -0.497 e. The van der Waals surface area contributed by atoms with Crippen molar-refractivity contribution in [1.82, 2.24) is 9.88 Å². The predicted octanol–water partition coefficient (Wildman–Crippen LogP) is 3.62. The Morgan fingerprint density at radius 1 is 1.27 bits per heavy atom. The molecule has 2 heterocycles. The van der Waals surface area contributed by atoms with Gasteiger partial charge in [-0.25, -0.2) is 4.98 Å². The lowest BCUT2D eigenvalue weighted by Crippen LogP contribution is -2.38. The molecule has 1 fully saturated rings. The van der Waals surface area contributed by atoms with Crippen molar-refractivity contribution in [3.05, 3.63) is 53.9 Å². The minimum atomic E-state index is 0.0415. The van der Waals surface area contributed by atoms with E-state index in [2.05, 4.69) is 23.3 Å². The SMILES string of the molecule is COc1cccc(CCNc2ccc(C(=O)N3CCC(C)CC3)nc2)c1. The first-order chi connectivity index (χ1) is 12.7. The molecule has 0 atom stereocenters. The molecule has 0 radical (unpaired) electrons. The van der Waals surface area contributed by atoms with E-state index in [0.717, 1.165) is 50.3 Å². The number of likely N-dealkylation sites (tertiary alicyclic amines) is 1. The average Bonchev–Trinajstić information content (AvgIpc) is 2.69. The van der Waals surface area contributed by atoms with Crippen LogP contribution in [-0.2, 0) is 6.42 Å². The van der Waals surface area contributed by atoms with Crippen molar-refractivity contribution in [2.24, 2.45) is 5.92 Å². The second-order valence-corrected chi connectivity index (χ2v) is 6.94. The predicted molar refractivity (Wildman–Crippen MR) is 104 cm³/mol. The van der Waals surface area contributed by atoms with Crippen LogP contribution in [0.15, 0.2) is 42.6 Å². The molecule has 0 spiro atoms. The molecule has 1 saturated heterocycles. The molecule has 3 rings (SSSR count). The van der Waals surface area contributed by atoms with Crippen LogP contribution in [0.4, 0.5) is 5.69 Å². The zero-order valence-electron chi connectivity index (χ0n) is 15.6. The second kappa shape index (κ2) is 8.70. The Kier molecular flexibility index (Phi) is 6.10. The first-order valence-electron chi connectivity index (χ1n) is 9.28. The highest BCUT2D eigenvalue weighted by Gasteiger charge is 2.22. The maximum absolute atomic E-state index is 12.5. The van der Waals surface area contributed by atoms with Crippen LogP contribution in [0, 0.1) is 5.92 Å². The molecule has 0 saturated carbocycles. The molecule has 1 aliphatic heterocycles. The Morgan fingerprint density at radius 3 is 2.77 bits per heavy atom. The van der Waals surface area contributed by atoms with Gasteiger partial charge in [-0.1, -0.05) is 19.1 Å². The van der Waals surface area contributed by atoms with Gasteiger partial charge in [0.15, 0.2) is 0 Å². The van der Waals surface area contributed by atoms with E-state index in [0.29, 0.717) is 11.6 Å². The van der Waals surface area contributed by atoms with Gasteiger partial charge >= 0.3 is 0 Å². The Morgan fingerprint density at radius 2 is 2.08 bits per heavy atom. The number of carbonyl (C=O) groups is 1. The molecule has 26 heavy (non-hydrogen) atoms. The lowest BCUT2D eigenvalue weighted by molar-refractivity contribution is 0.0691. The summed E-state index contributed by atoms with van der Waals surface area (Å²) in [6, 6.07) is 11.8. The number of nitrogens with one attached hydrogen (secondary N) is 1. The van der Waals surface area contributed by atoms with Crippen LogP contribution in [0.25, 0.3) is 0 Å². The summed E-state index contributed by atoms with van der Waals surface area (Å²) in [4.78, 5) is 18.8. The van der Waals surface area contributed by atoms with Gasteiger partial charge in [-0.3, -0.25) is 4.79 Å². The van der Waals surface area contributed by atoms with Gasteiger partial charge in [0.25, 0.3) is 5.91 Å². The van der Waals surface area contributed by atoms with Crippen LogP contribution in [0.5, 0.6) is 5.75 Å². The fourth-order valence-corrected chi connectivity index (χ4v) is 3.18. The number of aromatic nitrogens is 1. The molecular weight excluding hydrogens is 326 g/mol. The zero-order chi connectivity index (χ0) is 18.4. The minimum absolute atomic E-state index is 0.0415.